The monoisotopic (exact) mass is 438 g/mol. The van der Waals surface area contributed by atoms with Gasteiger partial charge in [-0.1, -0.05) is 49.7 Å². The number of benzene rings is 2. The molecule has 1 unspecified atom stereocenters. The fourth-order valence-corrected chi connectivity index (χ4v) is 5.48. The third-order valence-electron chi connectivity index (χ3n) is 7.34. The van der Waals surface area contributed by atoms with Gasteiger partial charge in [-0.05, 0) is 77.5 Å². The van der Waals surface area contributed by atoms with Crippen LogP contribution in [0.2, 0.25) is 5.02 Å². The number of carbonyl (C=O) groups is 2. The van der Waals surface area contributed by atoms with E-state index in [0.29, 0.717) is 29.7 Å². The maximum Gasteiger partial charge on any atom is 0.148 e. The summed E-state index contributed by atoms with van der Waals surface area (Å²) in [6, 6.07) is 13.9. The molecule has 1 aliphatic carbocycles. The van der Waals surface area contributed by atoms with Crippen molar-refractivity contribution in [3.63, 3.8) is 0 Å². The zero-order chi connectivity index (χ0) is 22.0. The summed E-state index contributed by atoms with van der Waals surface area (Å²) in [5, 5.41) is 0.691. The van der Waals surface area contributed by atoms with Gasteiger partial charge in [-0.15, -0.1) is 0 Å². The lowest BCUT2D eigenvalue weighted by Crippen LogP contribution is -2.37. The first-order valence-electron chi connectivity index (χ1n) is 11.5. The molecule has 4 heteroatoms. The van der Waals surface area contributed by atoms with Gasteiger partial charge in [0.2, 0.25) is 0 Å². The maximum absolute atomic E-state index is 13.3. The van der Waals surface area contributed by atoms with Gasteiger partial charge in [-0.3, -0.25) is 9.59 Å². The third kappa shape index (κ3) is 4.78. The summed E-state index contributed by atoms with van der Waals surface area (Å²) < 4.78 is 5.49. The van der Waals surface area contributed by atoms with E-state index in [4.69, 9.17) is 16.3 Å². The largest absolute Gasteiger partial charge is 0.381 e. The summed E-state index contributed by atoms with van der Waals surface area (Å²) in [5.74, 6) is 0.634. The molecule has 1 saturated carbocycles. The van der Waals surface area contributed by atoms with Crippen LogP contribution in [0.5, 0.6) is 0 Å². The van der Waals surface area contributed by atoms with Crippen LogP contribution in [-0.4, -0.2) is 24.8 Å². The average molecular weight is 439 g/mol. The Labute approximate surface area is 190 Å². The SMILES string of the molecule is CCc1ccc(-c2ccc(Cl)cc2)cc1C1C(=O)CC(C(C)C2CCOCC2)CC1=O. The molecular formula is C27H31ClO3. The molecular weight excluding hydrogens is 408 g/mol. The summed E-state index contributed by atoms with van der Waals surface area (Å²) in [6.07, 6.45) is 3.88. The van der Waals surface area contributed by atoms with E-state index in [1.54, 1.807) is 0 Å². The fourth-order valence-electron chi connectivity index (χ4n) is 5.36. The minimum atomic E-state index is -0.625. The number of rotatable bonds is 5. The van der Waals surface area contributed by atoms with Gasteiger partial charge >= 0.3 is 0 Å². The first kappa shape index (κ1) is 22.2. The van der Waals surface area contributed by atoms with Crippen molar-refractivity contribution in [2.24, 2.45) is 17.8 Å². The molecule has 3 nitrogen and oxygen atoms in total. The standard InChI is InChI=1S/C27H31ClO3/c1-3-18-4-5-21(20-6-8-23(28)9-7-20)14-24(18)27-25(29)15-22(16-26(27)30)17(2)19-10-12-31-13-11-19/h4-9,14,17,19,22,27H,3,10-13,15-16H2,1-2H3. The van der Waals surface area contributed by atoms with Gasteiger partial charge in [0.1, 0.15) is 17.5 Å². The van der Waals surface area contributed by atoms with Crippen LogP contribution in [-0.2, 0) is 20.7 Å². The van der Waals surface area contributed by atoms with Crippen LogP contribution in [0, 0.1) is 17.8 Å². The lowest BCUT2D eigenvalue weighted by molar-refractivity contribution is -0.135. The quantitative estimate of drug-likeness (QED) is 0.517. The van der Waals surface area contributed by atoms with Crippen molar-refractivity contribution < 1.29 is 14.3 Å². The summed E-state index contributed by atoms with van der Waals surface area (Å²) in [4.78, 5) is 26.6. The molecule has 0 aromatic heterocycles. The van der Waals surface area contributed by atoms with Crippen molar-refractivity contribution in [1.29, 1.82) is 0 Å². The molecule has 0 N–H and O–H groups in total. The summed E-state index contributed by atoms with van der Waals surface area (Å²) in [7, 11) is 0. The molecule has 0 spiro atoms. The molecule has 164 valence electrons. The topological polar surface area (TPSA) is 43.4 Å². The van der Waals surface area contributed by atoms with Gasteiger partial charge in [0.05, 0.1) is 0 Å². The van der Waals surface area contributed by atoms with Crippen molar-refractivity contribution >= 4 is 23.2 Å². The minimum Gasteiger partial charge on any atom is -0.381 e. The highest BCUT2D eigenvalue weighted by atomic mass is 35.5. The first-order valence-corrected chi connectivity index (χ1v) is 11.9. The molecule has 1 saturated heterocycles. The number of Topliss-reactive ketones (excluding diaryl/α,β-unsaturated/α-hetero) is 2. The van der Waals surface area contributed by atoms with Gasteiger partial charge in [-0.25, -0.2) is 0 Å². The smallest absolute Gasteiger partial charge is 0.148 e. The predicted octanol–water partition coefficient (Wildman–Crippen LogP) is 6.26. The number of carbonyl (C=O) groups excluding carboxylic acids is 2. The number of hydrogen-bond acceptors (Lipinski definition) is 3. The van der Waals surface area contributed by atoms with Gasteiger partial charge in [0, 0.05) is 31.1 Å². The second-order valence-electron chi connectivity index (χ2n) is 9.12. The zero-order valence-electron chi connectivity index (χ0n) is 18.4. The molecule has 0 radical (unpaired) electrons. The van der Waals surface area contributed by atoms with E-state index in [9.17, 15) is 9.59 Å². The Bertz CT molecular complexity index is 925. The van der Waals surface area contributed by atoms with Gasteiger partial charge in [-0.2, -0.15) is 0 Å². The lowest BCUT2D eigenvalue weighted by Gasteiger charge is -2.36. The number of halogens is 1. The Balaban J connectivity index is 1.59. The molecule has 0 bridgehead atoms. The van der Waals surface area contributed by atoms with Crippen molar-refractivity contribution in [2.45, 2.75) is 51.9 Å². The molecule has 2 aliphatic rings. The van der Waals surface area contributed by atoms with Crippen LogP contribution in [0.4, 0.5) is 0 Å². The van der Waals surface area contributed by atoms with E-state index in [1.807, 2.05) is 30.3 Å². The molecule has 4 rings (SSSR count). The number of ether oxygens (including phenoxy) is 1. The number of ketones is 2. The van der Waals surface area contributed by atoms with E-state index in [1.165, 1.54) is 0 Å². The van der Waals surface area contributed by atoms with E-state index < -0.39 is 5.92 Å². The van der Waals surface area contributed by atoms with Crippen LogP contribution in [0.25, 0.3) is 11.1 Å². The van der Waals surface area contributed by atoms with Crippen LogP contribution >= 0.6 is 11.6 Å². The van der Waals surface area contributed by atoms with Crippen LogP contribution in [0.15, 0.2) is 42.5 Å². The normalized spacial score (nSPS) is 23.7. The van der Waals surface area contributed by atoms with Crippen molar-refractivity contribution in [1.82, 2.24) is 0 Å². The highest BCUT2D eigenvalue weighted by Gasteiger charge is 2.40. The second-order valence-corrected chi connectivity index (χ2v) is 9.55. The summed E-state index contributed by atoms with van der Waals surface area (Å²) in [5.41, 5.74) is 4.03. The lowest BCUT2D eigenvalue weighted by atomic mass is 9.68. The van der Waals surface area contributed by atoms with Crippen LogP contribution in [0.3, 0.4) is 0 Å². The Morgan fingerprint density at radius 2 is 1.55 bits per heavy atom. The van der Waals surface area contributed by atoms with E-state index in [-0.39, 0.29) is 17.5 Å². The minimum absolute atomic E-state index is 0.0862. The Hall–Kier alpha value is -1.97. The highest BCUT2D eigenvalue weighted by Crippen LogP contribution is 2.40. The Morgan fingerprint density at radius 1 is 0.935 bits per heavy atom. The molecule has 2 aromatic rings. The Kier molecular flexibility index (Phi) is 6.93. The molecule has 1 heterocycles. The van der Waals surface area contributed by atoms with Gasteiger partial charge in [0.25, 0.3) is 0 Å². The van der Waals surface area contributed by atoms with E-state index >= 15 is 0 Å². The summed E-state index contributed by atoms with van der Waals surface area (Å²) in [6.45, 7) is 5.89. The van der Waals surface area contributed by atoms with Crippen LogP contribution in [0.1, 0.15) is 56.6 Å². The van der Waals surface area contributed by atoms with Crippen molar-refractivity contribution in [3.05, 3.63) is 58.6 Å². The summed E-state index contributed by atoms with van der Waals surface area (Å²) >= 11 is 6.04. The third-order valence-corrected chi connectivity index (χ3v) is 7.59. The molecule has 31 heavy (non-hydrogen) atoms. The molecule has 2 fully saturated rings. The maximum atomic E-state index is 13.3. The van der Waals surface area contributed by atoms with Gasteiger partial charge < -0.3 is 4.74 Å². The molecule has 1 atom stereocenters. The van der Waals surface area contributed by atoms with Crippen LogP contribution < -0.4 is 0 Å². The van der Waals surface area contributed by atoms with Crippen molar-refractivity contribution in [2.75, 3.05) is 13.2 Å². The van der Waals surface area contributed by atoms with Crippen molar-refractivity contribution in [3.8, 4) is 11.1 Å². The van der Waals surface area contributed by atoms with E-state index in [0.717, 1.165) is 54.7 Å². The molecule has 0 amide bonds. The first-order chi connectivity index (χ1) is 15.0. The number of hydrogen-bond donors (Lipinski definition) is 0. The second kappa shape index (κ2) is 9.67. The average Bonchev–Trinajstić information content (AvgIpc) is 2.79. The predicted molar refractivity (Wildman–Crippen MR) is 124 cm³/mol. The zero-order valence-corrected chi connectivity index (χ0v) is 19.2. The highest BCUT2D eigenvalue weighted by molar-refractivity contribution is 6.30. The van der Waals surface area contributed by atoms with Gasteiger partial charge in [0.15, 0.2) is 0 Å². The molecule has 1 aliphatic heterocycles. The number of aryl methyl sites for hydroxylation is 1. The molecule has 2 aromatic carbocycles. The van der Waals surface area contributed by atoms with E-state index in [2.05, 4.69) is 26.0 Å². The fraction of sp³-hybridized carbons (Fsp3) is 0.481. The Morgan fingerprint density at radius 3 is 2.16 bits per heavy atom.